The fourth-order valence-electron chi connectivity index (χ4n) is 4.89. The number of aryl methyl sites for hydroxylation is 2. The highest BCUT2D eigenvalue weighted by molar-refractivity contribution is 5.68. The zero-order valence-corrected chi connectivity index (χ0v) is 25.3. The second-order valence-electron chi connectivity index (χ2n) is 11.5. The van der Waals surface area contributed by atoms with E-state index < -0.39 is 6.16 Å². The van der Waals surface area contributed by atoms with Gasteiger partial charge < -0.3 is 24.6 Å². The van der Waals surface area contributed by atoms with Crippen LogP contribution in [0.1, 0.15) is 90.7 Å². The van der Waals surface area contributed by atoms with Gasteiger partial charge in [0.05, 0.1) is 5.69 Å². The molecule has 1 aliphatic rings. The summed E-state index contributed by atoms with van der Waals surface area (Å²) >= 11 is 0. The van der Waals surface area contributed by atoms with E-state index >= 15 is 0 Å². The molecule has 7 heteroatoms. The van der Waals surface area contributed by atoms with Gasteiger partial charge in [-0.1, -0.05) is 34.9 Å². The van der Waals surface area contributed by atoms with Crippen LogP contribution in [0.4, 0.5) is 10.5 Å². The molecule has 0 amide bonds. The van der Waals surface area contributed by atoms with Crippen LogP contribution >= 0.6 is 0 Å². The van der Waals surface area contributed by atoms with Crippen LogP contribution in [0, 0.1) is 12.1 Å². The number of hydrogen-bond acceptors (Lipinski definition) is 7. The Morgan fingerprint density at radius 2 is 1.59 bits per heavy atom. The fourth-order valence-corrected chi connectivity index (χ4v) is 4.89. The second-order valence-corrected chi connectivity index (χ2v) is 11.5. The number of allylic oxidation sites excluding steroid dienone is 6. The highest BCUT2D eigenvalue weighted by atomic mass is 16.8. The molecule has 0 aromatic heterocycles. The lowest BCUT2D eigenvalue weighted by Crippen LogP contribution is -2.36. The Morgan fingerprint density at radius 1 is 0.976 bits per heavy atom. The first kappa shape index (κ1) is 32.0. The van der Waals surface area contributed by atoms with Crippen molar-refractivity contribution in [2.45, 2.75) is 98.5 Å². The average Bonchev–Trinajstić information content (AvgIpc) is 2.89. The number of anilines is 1. The number of benzene rings is 2. The largest absolute Gasteiger partial charge is 0.733 e. The van der Waals surface area contributed by atoms with E-state index in [2.05, 4.69) is 52.8 Å². The van der Waals surface area contributed by atoms with E-state index in [4.69, 9.17) is 19.4 Å². The highest BCUT2D eigenvalue weighted by Gasteiger charge is 2.32. The van der Waals surface area contributed by atoms with Crippen molar-refractivity contribution < 1.29 is 24.2 Å². The molecule has 1 heterocycles. The standard InChI is InChI=1S/C34H44NO6/c1-24(2)10-7-11-25(3)12-8-13-26(4)14-9-20-34(6)21-19-28-23-31(22-27(5)32(28)41-34)40-33(36)39-30-17-15-29(16-18-30)35(37)38/h10,12,14-18,22-23,37H,7-9,11,13,19-21H2,1-6H3/q-1/b25-12+,26-14+/t34-/m1/s1. The van der Waals surface area contributed by atoms with Crippen molar-refractivity contribution in [3.8, 4) is 17.2 Å². The Balaban J connectivity index is 1.50. The molecule has 7 nitrogen and oxygen atoms in total. The van der Waals surface area contributed by atoms with Gasteiger partial charge in [-0.3, -0.25) is 5.21 Å². The third-order valence-electron chi connectivity index (χ3n) is 7.35. The van der Waals surface area contributed by atoms with Crippen molar-refractivity contribution in [1.29, 1.82) is 0 Å². The Morgan fingerprint density at radius 3 is 2.22 bits per heavy atom. The van der Waals surface area contributed by atoms with Crippen molar-refractivity contribution in [2.24, 2.45) is 0 Å². The first-order valence-corrected chi connectivity index (χ1v) is 14.4. The molecule has 0 saturated carbocycles. The summed E-state index contributed by atoms with van der Waals surface area (Å²) in [6.07, 6.45) is 14.1. The van der Waals surface area contributed by atoms with Crippen LogP contribution in [0.5, 0.6) is 17.2 Å². The summed E-state index contributed by atoms with van der Waals surface area (Å²) in [4.78, 5) is 12.3. The predicted molar refractivity (Wildman–Crippen MR) is 164 cm³/mol. The van der Waals surface area contributed by atoms with Gasteiger partial charge in [0.15, 0.2) is 0 Å². The van der Waals surface area contributed by atoms with Crippen LogP contribution in [-0.2, 0) is 6.42 Å². The molecular weight excluding hydrogens is 518 g/mol. The second kappa shape index (κ2) is 14.9. The van der Waals surface area contributed by atoms with Crippen LogP contribution in [0.3, 0.4) is 0 Å². The van der Waals surface area contributed by atoms with Crippen LogP contribution in [0.15, 0.2) is 71.3 Å². The zero-order chi connectivity index (χ0) is 30.0. The van der Waals surface area contributed by atoms with E-state index in [9.17, 15) is 10.0 Å². The van der Waals surface area contributed by atoms with Gasteiger partial charge in [-0.15, -0.1) is 0 Å². The summed E-state index contributed by atoms with van der Waals surface area (Å²) in [5.74, 6) is 1.44. The lowest BCUT2D eigenvalue weighted by Gasteiger charge is -2.36. The molecule has 3 rings (SSSR count). The van der Waals surface area contributed by atoms with Crippen molar-refractivity contribution in [3.63, 3.8) is 0 Å². The molecule has 0 radical (unpaired) electrons. The third kappa shape index (κ3) is 10.4. The molecule has 1 N–H and O–H groups in total. The fraction of sp³-hybridized carbons (Fsp3) is 0.441. The van der Waals surface area contributed by atoms with E-state index in [1.165, 1.54) is 41.0 Å². The van der Waals surface area contributed by atoms with Gasteiger partial charge >= 0.3 is 6.16 Å². The molecule has 2 aromatic carbocycles. The van der Waals surface area contributed by atoms with Crippen molar-refractivity contribution in [2.75, 3.05) is 5.23 Å². The van der Waals surface area contributed by atoms with Crippen LogP contribution < -0.4 is 19.4 Å². The summed E-state index contributed by atoms with van der Waals surface area (Å²) in [5.41, 5.74) is 5.94. The molecule has 0 bridgehead atoms. The summed E-state index contributed by atoms with van der Waals surface area (Å²) in [5, 5.41) is 19.6. The SMILES string of the molecule is CC(C)=CCC/C(C)=C/CC/C(C)=C/CC[C@]1(C)CCc2cc(OC(=O)Oc3ccc(N([O-])O)cc3)cc(C)c2O1. The van der Waals surface area contributed by atoms with Crippen molar-refractivity contribution in [3.05, 3.63) is 87.7 Å². The Bertz CT molecular complexity index is 1270. The number of rotatable bonds is 12. The number of ether oxygens (including phenoxy) is 3. The first-order valence-electron chi connectivity index (χ1n) is 14.4. The smallest absolute Gasteiger partial charge is 0.519 e. The van der Waals surface area contributed by atoms with Gasteiger partial charge in [-0.05, 0) is 140 Å². The normalized spacial score (nSPS) is 16.9. The molecule has 1 atom stereocenters. The maximum absolute atomic E-state index is 12.3. The average molecular weight is 563 g/mol. The van der Waals surface area contributed by atoms with Gasteiger partial charge in [0.25, 0.3) is 0 Å². The lowest BCUT2D eigenvalue weighted by atomic mass is 9.87. The Kier molecular flexibility index (Phi) is 11.6. The van der Waals surface area contributed by atoms with E-state index in [0.29, 0.717) is 5.75 Å². The molecule has 0 spiro atoms. The number of fused-ring (bicyclic) bond motifs is 1. The van der Waals surface area contributed by atoms with Crippen LogP contribution in [0.25, 0.3) is 0 Å². The molecule has 2 aromatic rings. The predicted octanol–water partition coefficient (Wildman–Crippen LogP) is 9.55. The van der Waals surface area contributed by atoms with E-state index in [0.717, 1.165) is 68.2 Å². The highest BCUT2D eigenvalue weighted by Crippen LogP contribution is 2.40. The first-order chi connectivity index (χ1) is 19.4. The third-order valence-corrected chi connectivity index (χ3v) is 7.35. The number of carbonyl (C=O) groups is 1. The minimum atomic E-state index is -0.891. The van der Waals surface area contributed by atoms with Gasteiger partial charge in [0.1, 0.15) is 22.8 Å². The summed E-state index contributed by atoms with van der Waals surface area (Å²) in [6.45, 7) is 12.9. The molecule has 0 unspecified atom stereocenters. The van der Waals surface area contributed by atoms with E-state index in [-0.39, 0.29) is 22.3 Å². The minimum absolute atomic E-state index is 0.0263. The topological polar surface area (TPSA) is 91.3 Å². The molecular formula is C34H44NO6-. The maximum atomic E-state index is 12.3. The monoisotopic (exact) mass is 562 g/mol. The summed E-state index contributed by atoms with van der Waals surface area (Å²) < 4.78 is 17.1. The minimum Gasteiger partial charge on any atom is -0.733 e. The maximum Gasteiger partial charge on any atom is 0.519 e. The molecule has 0 aliphatic carbocycles. The molecule has 0 saturated heterocycles. The van der Waals surface area contributed by atoms with Crippen molar-refractivity contribution in [1.82, 2.24) is 0 Å². The van der Waals surface area contributed by atoms with Gasteiger partial charge in [-0.25, -0.2) is 4.79 Å². The summed E-state index contributed by atoms with van der Waals surface area (Å²) in [7, 11) is 0. The number of carbonyl (C=O) groups excluding carboxylic acids is 1. The Hall–Kier alpha value is -3.55. The van der Waals surface area contributed by atoms with Gasteiger partial charge in [0, 0.05) is 0 Å². The van der Waals surface area contributed by atoms with Crippen molar-refractivity contribution >= 4 is 11.8 Å². The number of nitrogens with zero attached hydrogens (tertiary/aromatic N) is 1. The summed E-state index contributed by atoms with van der Waals surface area (Å²) in [6, 6.07) is 9.05. The zero-order valence-electron chi connectivity index (χ0n) is 25.3. The quantitative estimate of drug-likeness (QED) is 0.119. The van der Waals surface area contributed by atoms with Crippen LogP contribution in [-0.4, -0.2) is 17.0 Å². The van der Waals surface area contributed by atoms with Gasteiger partial charge in [0.2, 0.25) is 0 Å². The van der Waals surface area contributed by atoms with Gasteiger partial charge in [-0.2, -0.15) is 0 Å². The molecule has 222 valence electrons. The Labute approximate surface area is 244 Å². The van der Waals surface area contributed by atoms with E-state index in [1.807, 2.05) is 13.0 Å². The molecule has 0 fully saturated rings. The lowest BCUT2D eigenvalue weighted by molar-refractivity contribution is 0.0561. The molecule has 1 aliphatic heterocycles. The van der Waals surface area contributed by atoms with E-state index in [1.54, 1.807) is 6.07 Å². The molecule has 41 heavy (non-hydrogen) atoms. The van der Waals surface area contributed by atoms with Crippen LogP contribution in [0.2, 0.25) is 0 Å². The number of hydrogen-bond donors (Lipinski definition) is 1.